The van der Waals surface area contributed by atoms with E-state index in [2.05, 4.69) is 25.8 Å². The largest absolute Gasteiger partial charge is 0.497 e. The minimum atomic E-state index is -0.674. The number of methoxy groups -OCH3 is 1. The van der Waals surface area contributed by atoms with Gasteiger partial charge < -0.3 is 24.6 Å². The molecule has 0 aliphatic carbocycles. The van der Waals surface area contributed by atoms with Crippen LogP contribution in [-0.2, 0) is 13.6 Å². The molecule has 0 bridgehead atoms. The zero-order valence-electron chi connectivity index (χ0n) is 15.8. The maximum atomic E-state index is 10.4. The zero-order valence-corrected chi connectivity index (χ0v) is 18.2. The van der Waals surface area contributed by atoms with Gasteiger partial charge in [0, 0.05) is 32.5 Å². The van der Waals surface area contributed by atoms with Crippen molar-refractivity contribution in [2.75, 3.05) is 27.2 Å². The lowest BCUT2D eigenvalue weighted by Gasteiger charge is -2.23. The highest BCUT2D eigenvalue weighted by Gasteiger charge is 2.11. The summed E-state index contributed by atoms with van der Waals surface area (Å²) in [5, 5.41) is 13.7. The van der Waals surface area contributed by atoms with Gasteiger partial charge in [-0.15, -0.1) is 24.0 Å². The molecule has 1 unspecified atom stereocenters. The van der Waals surface area contributed by atoms with Crippen LogP contribution in [-0.4, -0.2) is 47.8 Å². The molecular formula is C19H29IN4O2. The summed E-state index contributed by atoms with van der Waals surface area (Å²) in [6.07, 6.45) is 1.35. The first-order valence-corrected chi connectivity index (χ1v) is 8.46. The van der Waals surface area contributed by atoms with Crippen molar-refractivity contribution in [3.63, 3.8) is 0 Å². The first kappa shape index (κ1) is 22.3. The molecule has 0 fully saturated rings. The summed E-state index contributed by atoms with van der Waals surface area (Å²) in [6.45, 7) is 3.83. The second-order valence-electron chi connectivity index (χ2n) is 5.95. The Hall–Kier alpha value is -1.74. The molecule has 2 rings (SSSR count). The molecule has 0 aliphatic heterocycles. The molecule has 0 saturated carbocycles. The molecule has 0 saturated heterocycles. The lowest BCUT2D eigenvalue weighted by atomic mass is 10.1. The molecule has 1 heterocycles. The van der Waals surface area contributed by atoms with E-state index in [0.29, 0.717) is 0 Å². The van der Waals surface area contributed by atoms with Crippen molar-refractivity contribution in [3.05, 3.63) is 53.9 Å². The summed E-state index contributed by atoms with van der Waals surface area (Å²) in [6, 6.07) is 11.6. The summed E-state index contributed by atoms with van der Waals surface area (Å²) in [7, 11) is 5.64. The molecule has 6 nitrogen and oxygen atoms in total. The molecule has 1 atom stereocenters. The van der Waals surface area contributed by atoms with Crippen molar-refractivity contribution < 1.29 is 9.84 Å². The van der Waals surface area contributed by atoms with E-state index >= 15 is 0 Å². The van der Waals surface area contributed by atoms with Crippen LogP contribution in [0.25, 0.3) is 0 Å². The average molecular weight is 472 g/mol. The molecule has 1 aromatic carbocycles. The number of rotatable bonds is 7. The number of aromatic nitrogens is 1. The monoisotopic (exact) mass is 472 g/mol. The number of nitrogens with one attached hydrogen (secondary N) is 1. The number of halogens is 1. The highest BCUT2D eigenvalue weighted by Crippen LogP contribution is 2.19. The number of guanidine groups is 1. The zero-order chi connectivity index (χ0) is 18.2. The van der Waals surface area contributed by atoms with E-state index in [1.165, 1.54) is 5.69 Å². The van der Waals surface area contributed by atoms with Gasteiger partial charge in [-0.1, -0.05) is 12.1 Å². The standard InChI is InChI=1S/C19H28N4O2.HI/c1-5-20-19(23(3)14-16-9-7-11-22(16)2)21-13-18(24)15-8-6-10-17(12-15)25-4;/h6-12,18,24H,5,13-14H2,1-4H3,(H,20,21);1H. The van der Waals surface area contributed by atoms with Gasteiger partial charge in [0.1, 0.15) is 5.75 Å². The van der Waals surface area contributed by atoms with E-state index in [4.69, 9.17) is 4.74 Å². The van der Waals surface area contributed by atoms with Crippen LogP contribution in [0, 0.1) is 0 Å². The number of ether oxygens (including phenoxy) is 1. The molecule has 0 amide bonds. The van der Waals surface area contributed by atoms with Gasteiger partial charge in [-0.25, -0.2) is 0 Å². The molecule has 0 radical (unpaired) electrons. The van der Waals surface area contributed by atoms with Gasteiger partial charge >= 0.3 is 0 Å². The number of benzene rings is 1. The fraction of sp³-hybridized carbons (Fsp3) is 0.421. The molecule has 0 spiro atoms. The second-order valence-corrected chi connectivity index (χ2v) is 5.95. The molecule has 26 heavy (non-hydrogen) atoms. The minimum absolute atomic E-state index is 0. The molecule has 144 valence electrons. The number of aryl methyl sites for hydroxylation is 1. The third kappa shape index (κ3) is 6.21. The molecular weight excluding hydrogens is 443 g/mol. The van der Waals surface area contributed by atoms with Crippen LogP contribution in [0.3, 0.4) is 0 Å². The van der Waals surface area contributed by atoms with Gasteiger partial charge in [-0.05, 0) is 36.8 Å². The van der Waals surface area contributed by atoms with Crippen molar-refractivity contribution in [1.82, 2.24) is 14.8 Å². The normalized spacial score (nSPS) is 12.3. The van der Waals surface area contributed by atoms with Crippen molar-refractivity contribution in [3.8, 4) is 5.75 Å². The highest BCUT2D eigenvalue weighted by atomic mass is 127. The fourth-order valence-corrected chi connectivity index (χ4v) is 2.58. The van der Waals surface area contributed by atoms with Crippen LogP contribution in [0.5, 0.6) is 5.75 Å². The van der Waals surface area contributed by atoms with Crippen molar-refractivity contribution >= 4 is 29.9 Å². The molecule has 2 N–H and O–H groups in total. The van der Waals surface area contributed by atoms with E-state index < -0.39 is 6.10 Å². The number of aliphatic hydroxyl groups is 1. The maximum Gasteiger partial charge on any atom is 0.194 e. The van der Waals surface area contributed by atoms with E-state index in [1.54, 1.807) is 7.11 Å². The first-order valence-electron chi connectivity index (χ1n) is 8.46. The molecule has 0 aliphatic rings. The van der Waals surface area contributed by atoms with E-state index in [9.17, 15) is 5.11 Å². The van der Waals surface area contributed by atoms with E-state index in [1.807, 2.05) is 57.5 Å². The Morgan fingerprint density at radius 2 is 2.12 bits per heavy atom. The van der Waals surface area contributed by atoms with Crippen LogP contribution < -0.4 is 10.1 Å². The molecule has 2 aromatic rings. The number of aliphatic imine (C=N–C) groups is 1. The number of nitrogens with zero attached hydrogens (tertiary/aromatic N) is 3. The maximum absolute atomic E-state index is 10.4. The minimum Gasteiger partial charge on any atom is -0.497 e. The Labute approximate surface area is 172 Å². The van der Waals surface area contributed by atoms with Gasteiger partial charge in [-0.2, -0.15) is 0 Å². The van der Waals surface area contributed by atoms with Crippen LogP contribution in [0.2, 0.25) is 0 Å². The van der Waals surface area contributed by atoms with Gasteiger partial charge in [-0.3, -0.25) is 4.99 Å². The number of hydrogen-bond donors (Lipinski definition) is 2. The fourth-order valence-electron chi connectivity index (χ4n) is 2.58. The summed E-state index contributed by atoms with van der Waals surface area (Å²) in [4.78, 5) is 6.64. The quantitative estimate of drug-likeness (QED) is 0.370. The van der Waals surface area contributed by atoms with Crippen LogP contribution in [0.15, 0.2) is 47.6 Å². The Balaban J connectivity index is 0.00000338. The number of aliphatic hydroxyl groups excluding tert-OH is 1. The Kier molecular flexibility index (Phi) is 9.50. The summed E-state index contributed by atoms with van der Waals surface area (Å²) in [5.74, 6) is 1.50. The predicted octanol–water partition coefficient (Wildman–Crippen LogP) is 2.78. The smallest absolute Gasteiger partial charge is 0.194 e. The van der Waals surface area contributed by atoms with Crippen molar-refractivity contribution in [2.45, 2.75) is 19.6 Å². The van der Waals surface area contributed by atoms with Crippen molar-refractivity contribution in [2.24, 2.45) is 12.0 Å². The lowest BCUT2D eigenvalue weighted by molar-refractivity contribution is 0.186. The van der Waals surface area contributed by atoms with Gasteiger partial charge in [0.15, 0.2) is 5.96 Å². The van der Waals surface area contributed by atoms with E-state index in [0.717, 1.165) is 30.4 Å². The predicted molar refractivity (Wildman–Crippen MR) is 116 cm³/mol. The Morgan fingerprint density at radius 1 is 1.35 bits per heavy atom. The van der Waals surface area contributed by atoms with Gasteiger partial charge in [0.25, 0.3) is 0 Å². The highest BCUT2D eigenvalue weighted by molar-refractivity contribution is 14.0. The third-order valence-electron chi connectivity index (χ3n) is 4.04. The average Bonchev–Trinajstić information content (AvgIpc) is 3.03. The molecule has 1 aromatic heterocycles. The number of hydrogen-bond acceptors (Lipinski definition) is 3. The van der Waals surface area contributed by atoms with Crippen molar-refractivity contribution in [1.29, 1.82) is 0 Å². The summed E-state index contributed by atoms with van der Waals surface area (Å²) >= 11 is 0. The van der Waals surface area contributed by atoms with Crippen LogP contribution in [0.4, 0.5) is 0 Å². The first-order chi connectivity index (χ1) is 12.0. The van der Waals surface area contributed by atoms with Gasteiger partial charge in [0.05, 0.1) is 26.3 Å². The summed E-state index contributed by atoms with van der Waals surface area (Å²) in [5.41, 5.74) is 1.99. The molecule has 7 heteroatoms. The third-order valence-corrected chi connectivity index (χ3v) is 4.04. The van der Waals surface area contributed by atoms with Crippen LogP contribution in [0.1, 0.15) is 24.3 Å². The van der Waals surface area contributed by atoms with E-state index in [-0.39, 0.29) is 30.5 Å². The SMILES string of the molecule is CCNC(=NCC(O)c1cccc(OC)c1)N(C)Cc1cccn1C.I. The van der Waals surface area contributed by atoms with Gasteiger partial charge in [0.2, 0.25) is 0 Å². The van der Waals surface area contributed by atoms with Crippen LogP contribution >= 0.6 is 24.0 Å². The lowest BCUT2D eigenvalue weighted by Crippen LogP contribution is -2.39. The second kappa shape index (κ2) is 11.1. The Morgan fingerprint density at radius 3 is 2.73 bits per heavy atom. The topological polar surface area (TPSA) is 62.0 Å². The Bertz CT molecular complexity index is 702. The summed E-state index contributed by atoms with van der Waals surface area (Å²) < 4.78 is 7.30.